The minimum absolute atomic E-state index is 0. The van der Waals surface area contributed by atoms with Gasteiger partial charge in [0.25, 0.3) is 6.47 Å². The number of anilines is 2. The van der Waals surface area contributed by atoms with Crippen molar-refractivity contribution in [3.05, 3.63) is 148 Å². The molecule has 8 atom stereocenters. The molecule has 17 nitrogen and oxygen atoms in total. The van der Waals surface area contributed by atoms with Crippen LogP contribution >= 0.6 is 15.9 Å². The molecule has 2 unspecified atom stereocenters. The molecule has 634 valence electrons. The number of nitrogens with two attached hydrogens (primary N) is 2. The number of phenolic OH excluding ortho intramolecular Hbond substituents is 1. The van der Waals surface area contributed by atoms with E-state index in [-0.39, 0.29) is 190 Å². The van der Waals surface area contributed by atoms with E-state index in [2.05, 4.69) is 139 Å². The molecule has 6 aromatic rings. The van der Waals surface area contributed by atoms with Crippen LogP contribution in [0.15, 0.2) is 103 Å². The van der Waals surface area contributed by atoms with Crippen LogP contribution in [0.3, 0.4) is 0 Å². The maximum Gasteiger partial charge on any atom is 1.00 e. The Balaban J connectivity index is 0.000000530. The number of nitrogen functional groups attached to an aromatic ring is 2. The molecule has 119 heavy (non-hydrogen) atoms. The molecule has 0 spiro atoms. The molecule has 3 fully saturated rings. The Kier molecular flexibility index (Phi) is 45.7. The molecule has 12 rings (SSSR count). The van der Waals surface area contributed by atoms with Gasteiger partial charge in [-0.05, 0) is 170 Å². The van der Waals surface area contributed by atoms with Gasteiger partial charge in [0.1, 0.15) is 23.1 Å². The standard InChI is InChI=1S/C33H38N2O2.C27H34O4.C17H20O3.C10H15BrO.C6H8N2.C3H8.CH3F.CH2O3.2K.H/c1-5-6-12-23(36)13-7-10-16-28(37)22-17-18-25-24(21-22)29-30(35-27-15-9-8-14-26(27)34-29)31-32(2,3)19-11-20-33(25,31)4;1-5-6-10-19(28)11-7-8-12-22(29)18-13-14-21-20(17-18)23(30)24(31)25-26(2,3)15-9-16-27(21,25)4;1-16(2)7-4-8-17(3)12-6-5-10(18)9-11(12)13(19)14(20)15(16)17;1-2-3-7-10(12)8-5-4-6-9-11;7-5-3-1-2-4-6(5)8;1-3-2;1-2;2-1-4-3;;;/h1,8-9,14-15,17-18,21,28,31,37H,6-7,10-13,16,19-20H2,2-4H3;1,13-14,17,22,25,29H,6-12,15-16H2,2-4H3;5-6,9,15,18H,4,7-8H2,1-3H3;1H,3-9H2;1-4H,7-8H2;3H2,1-2H3;1H3;1,3H;;;/q;;;;;;;;2*+1;-1/p-1/t28?,31-,33-;22?,25-,27-;15-,17-;;;;;;;;/m111......../s1/i;;;;;;1D;;;;. The number of benzene rings is 5. The Morgan fingerprint density at radius 3 is 1.29 bits per heavy atom. The average Bonchev–Trinajstić information content (AvgIpc) is 0.714. The number of unbranched alkanes of at least 4 members (excludes halogenated alkanes) is 4. The van der Waals surface area contributed by atoms with Gasteiger partial charge in [0.15, 0.2) is 0 Å². The summed E-state index contributed by atoms with van der Waals surface area (Å²) in [6.45, 7) is 23.8. The number of nitrogens with zero attached hydrogens (tertiary/aromatic N) is 2. The number of hydrogen-bond acceptors (Lipinski definition) is 17. The predicted octanol–water partition coefficient (Wildman–Crippen LogP) is 14.1. The number of carbonyl (C=O) groups excluding carboxylic acids is 8. The number of halogens is 2. The minimum atomic E-state index is -1.00. The molecule has 5 aromatic carbocycles. The van der Waals surface area contributed by atoms with Crippen LogP contribution < -0.4 is 119 Å². The van der Waals surface area contributed by atoms with Gasteiger partial charge in [0.05, 0.1) is 54.5 Å². The van der Waals surface area contributed by atoms with Crippen molar-refractivity contribution in [2.75, 3.05) is 24.0 Å². The minimum Gasteiger partial charge on any atom is -1.00 e. The Morgan fingerprint density at radius 2 is 0.908 bits per heavy atom. The summed E-state index contributed by atoms with van der Waals surface area (Å²) >= 11 is 3.35. The predicted molar refractivity (Wildman–Crippen MR) is 468 cm³/mol. The topological polar surface area (TPSA) is 307 Å². The molecule has 6 aliphatic rings. The van der Waals surface area contributed by atoms with E-state index < -0.39 is 30.9 Å². The number of aliphatic hydroxyl groups excluding tert-OH is 2. The van der Waals surface area contributed by atoms with Crippen molar-refractivity contribution in [1.29, 1.82) is 0 Å². The first-order valence-electron chi connectivity index (χ1n) is 42.2. The van der Waals surface area contributed by atoms with Crippen molar-refractivity contribution >= 4 is 85.3 Å². The fourth-order valence-electron chi connectivity index (χ4n) is 18.9. The van der Waals surface area contributed by atoms with Crippen molar-refractivity contribution in [1.82, 2.24) is 9.97 Å². The zero-order chi connectivity index (χ0) is 87.8. The van der Waals surface area contributed by atoms with Crippen LogP contribution in [-0.4, -0.2) is 84.7 Å². The Bertz CT molecular complexity index is 4530. The monoisotopic (exact) mass is 1750 g/mol. The van der Waals surface area contributed by atoms with E-state index in [0.29, 0.717) is 117 Å². The van der Waals surface area contributed by atoms with Crippen molar-refractivity contribution < 1.29 is 174 Å². The van der Waals surface area contributed by atoms with Gasteiger partial charge in [-0.2, -0.15) is 0 Å². The second-order valence-corrected chi connectivity index (χ2v) is 35.3. The molecule has 1 heterocycles. The van der Waals surface area contributed by atoms with E-state index in [4.69, 9.17) is 52.1 Å². The SMILES string of the molecule is C#CCCC(=O)CCCCC(O)c1ccc2c(c1)-c1nc3ccccc3nc1[C@@H]1C(C)(C)CCC[C@]21C.C#CCCC(=O)CCCCC(O)c1ccc2c(c1)C(=O)C(=O)[C@@H]1C(C)(C)CCC[C@]21C.C#CCCC(=O)CCCCCBr.CC1(C)CCC[C@]2(C)c3ccc(O)cc3C(=O)C(=O)[C@H]12.CCC.Nc1ccccc1N.O=CO[O-].[2H]CF.[H-].[K+].[K+]. The van der Waals surface area contributed by atoms with Crippen LogP contribution in [0.25, 0.3) is 22.3 Å². The number of para-hydroxylation sites is 4. The number of rotatable bonds is 24. The maximum absolute atomic E-state index is 13.1. The molecular formula is C98H128BrFK2N4O13. The third-order valence-electron chi connectivity index (χ3n) is 24.2. The Morgan fingerprint density at radius 1 is 0.563 bits per heavy atom. The third-order valence-corrected chi connectivity index (χ3v) is 24.8. The van der Waals surface area contributed by atoms with E-state index in [9.17, 15) is 53.3 Å². The number of aromatic nitrogens is 2. The number of aromatic hydroxyl groups is 1. The number of alkyl halides is 2. The Hall–Kier alpha value is -5.76. The molecule has 3 saturated carbocycles. The molecular weight excluding hydrogens is 1620 g/mol. The van der Waals surface area contributed by atoms with Crippen LogP contribution in [0.2, 0.25) is 0 Å². The van der Waals surface area contributed by atoms with Gasteiger partial charge in [-0.15, -0.1) is 37.0 Å². The normalized spacial score (nSPS) is 20.9. The molecule has 7 N–H and O–H groups in total. The summed E-state index contributed by atoms with van der Waals surface area (Å²) in [5.41, 5.74) is 21.9. The number of Topliss-reactive ketones (excluding diaryl/α,β-unsaturated/α-hetero) is 7. The first-order valence-corrected chi connectivity index (χ1v) is 42.6. The van der Waals surface area contributed by atoms with Crippen molar-refractivity contribution in [2.45, 2.75) is 290 Å². The summed E-state index contributed by atoms with van der Waals surface area (Å²) in [7, 11) is -1.00. The summed E-state index contributed by atoms with van der Waals surface area (Å²) in [5, 5.41) is 40.8. The molecule has 1 aromatic heterocycles. The summed E-state index contributed by atoms with van der Waals surface area (Å²) in [6.07, 6.45) is 36.9. The first-order chi connectivity index (χ1) is 56.0. The largest absolute Gasteiger partial charge is 1.00 e. The molecule has 6 aliphatic carbocycles. The first kappa shape index (κ1) is 106. The van der Waals surface area contributed by atoms with E-state index >= 15 is 0 Å². The van der Waals surface area contributed by atoms with E-state index in [0.717, 1.165) is 127 Å². The van der Waals surface area contributed by atoms with Crippen LogP contribution in [0.1, 0.15) is 331 Å². The van der Waals surface area contributed by atoms with Crippen LogP contribution in [0, 0.1) is 65.1 Å². The van der Waals surface area contributed by atoms with Gasteiger partial charge in [-0.1, -0.05) is 192 Å². The Labute approximate surface area is 804 Å². The number of phenols is 1. The van der Waals surface area contributed by atoms with Crippen molar-refractivity contribution in [3.63, 3.8) is 0 Å². The molecule has 0 bridgehead atoms. The second kappa shape index (κ2) is 51.5. The van der Waals surface area contributed by atoms with Gasteiger partial charge < -0.3 is 38.4 Å². The summed E-state index contributed by atoms with van der Waals surface area (Å²) in [5.74, 6) is 6.51. The van der Waals surface area contributed by atoms with Gasteiger partial charge >= 0.3 is 103 Å². The van der Waals surface area contributed by atoms with Gasteiger partial charge in [0, 0.05) is 114 Å². The van der Waals surface area contributed by atoms with Crippen LogP contribution in [-0.2, 0) is 49.9 Å². The maximum atomic E-state index is 13.1. The molecule has 0 aliphatic heterocycles. The van der Waals surface area contributed by atoms with E-state index in [1.807, 2.05) is 48.5 Å². The fraction of sp³-hybridized carbons (Fsp3) is 0.531. The molecule has 0 amide bonds. The van der Waals surface area contributed by atoms with Gasteiger partial charge in [-0.25, -0.2) is 9.97 Å². The molecule has 0 radical (unpaired) electrons. The zero-order valence-corrected chi connectivity index (χ0v) is 80.8. The van der Waals surface area contributed by atoms with Crippen LogP contribution in [0.5, 0.6) is 5.75 Å². The smallest absolute Gasteiger partial charge is 1.00 e. The van der Waals surface area contributed by atoms with Crippen molar-refractivity contribution in [2.24, 2.45) is 28.1 Å². The second-order valence-electron chi connectivity index (χ2n) is 34.5. The van der Waals surface area contributed by atoms with E-state index in [1.54, 1.807) is 24.3 Å². The summed E-state index contributed by atoms with van der Waals surface area (Å²) < 4.78 is 15.5. The van der Waals surface area contributed by atoms with Crippen molar-refractivity contribution in [3.8, 4) is 54.0 Å². The molecule has 21 heteroatoms. The van der Waals surface area contributed by atoms with E-state index in [1.165, 1.54) is 30.9 Å². The number of aliphatic hydroxyl groups is 2. The third kappa shape index (κ3) is 28.6. The number of hydrogen-bond donors (Lipinski definition) is 5. The number of carbonyl (C=O) groups is 8. The van der Waals surface area contributed by atoms with Crippen LogP contribution in [0.4, 0.5) is 15.8 Å². The molecule has 0 saturated heterocycles. The quantitative estimate of drug-likeness (QED) is 0.00433. The zero-order valence-electron chi connectivity index (χ0n) is 75.0. The fourth-order valence-corrected chi connectivity index (χ4v) is 19.3. The van der Waals surface area contributed by atoms with Gasteiger partial charge in [-0.3, -0.25) is 42.7 Å². The number of fused-ring (bicyclic) bond motifs is 13. The summed E-state index contributed by atoms with van der Waals surface area (Å²) in [4.78, 5) is 107. The number of terminal acetylenes is 3. The average molecular weight is 1750 g/mol. The number of ketones is 7. The summed E-state index contributed by atoms with van der Waals surface area (Å²) in [6, 6.07) is 32.3. The van der Waals surface area contributed by atoms with Gasteiger partial charge in [0.2, 0.25) is 23.1 Å².